The first-order valence-electron chi connectivity index (χ1n) is 9.81. The molecule has 2 aromatic carbocycles. The van der Waals surface area contributed by atoms with Crippen molar-refractivity contribution in [3.63, 3.8) is 0 Å². The summed E-state index contributed by atoms with van der Waals surface area (Å²) in [7, 11) is 1.71. The van der Waals surface area contributed by atoms with Gasteiger partial charge in [0.05, 0.1) is 6.04 Å². The molecule has 3 amide bonds. The molecular weight excluding hydrogens is 392 g/mol. The van der Waals surface area contributed by atoms with Crippen LogP contribution in [0.2, 0.25) is 0 Å². The number of aryl methyl sites for hydroxylation is 1. The van der Waals surface area contributed by atoms with Crippen molar-refractivity contribution in [1.29, 1.82) is 0 Å². The number of halogens is 2. The van der Waals surface area contributed by atoms with Crippen molar-refractivity contribution in [3.05, 3.63) is 53.6 Å². The average molecular weight is 415 g/mol. The molecule has 0 saturated carbocycles. The van der Waals surface area contributed by atoms with E-state index in [1.54, 1.807) is 48.3 Å². The summed E-state index contributed by atoms with van der Waals surface area (Å²) in [6.07, 6.45) is 1.11. The van der Waals surface area contributed by atoms with Crippen molar-refractivity contribution in [3.8, 4) is 5.75 Å². The lowest BCUT2D eigenvalue weighted by Crippen LogP contribution is -2.49. The highest BCUT2D eigenvalue weighted by Gasteiger charge is 2.42. The van der Waals surface area contributed by atoms with Crippen molar-refractivity contribution in [2.24, 2.45) is 0 Å². The maximum Gasteiger partial charge on any atom is 0.319 e. The number of fused-ring (bicyclic) bond motifs is 2. The second kappa shape index (κ2) is 7.93. The predicted molar refractivity (Wildman–Crippen MR) is 109 cm³/mol. The number of rotatable bonds is 4. The molecule has 2 aliphatic heterocycles. The Morgan fingerprint density at radius 3 is 2.73 bits per heavy atom. The molecule has 1 atom stereocenters. The van der Waals surface area contributed by atoms with E-state index in [0.29, 0.717) is 29.8 Å². The molecule has 2 aromatic rings. The summed E-state index contributed by atoms with van der Waals surface area (Å²) in [6, 6.07) is 11.2. The summed E-state index contributed by atoms with van der Waals surface area (Å²) in [6.45, 7) is -1.99. The first-order chi connectivity index (χ1) is 14.4. The van der Waals surface area contributed by atoms with Crippen LogP contribution in [0.1, 0.15) is 30.0 Å². The van der Waals surface area contributed by atoms with Gasteiger partial charge in [-0.2, -0.15) is 0 Å². The Kier molecular flexibility index (Phi) is 5.32. The second-order valence-electron chi connectivity index (χ2n) is 7.74. The third-order valence-electron chi connectivity index (χ3n) is 5.68. The van der Waals surface area contributed by atoms with Gasteiger partial charge >= 0.3 is 6.03 Å². The number of nitrogens with zero attached hydrogens (tertiary/aromatic N) is 1. The molecule has 0 aliphatic carbocycles. The van der Waals surface area contributed by atoms with E-state index in [4.69, 9.17) is 4.74 Å². The smallest absolute Gasteiger partial charge is 0.319 e. The van der Waals surface area contributed by atoms with E-state index in [0.717, 1.165) is 11.3 Å². The number of anilines is 2. The molecule has 0 radical (unpaired) electrons. The molecule has 6 nitrogen and oxygen atoms in total. The molecule has 0 fully saturated rings. The zero-order valence-corrected chi connectivity index (χ0v) is 16.6. The van der Waals surface area contributed by atoms with Crippen LogP contribution < -0.4 is 20.3 Å². The summed E-state index contributed by atoms with van der Waals surface area (Å²) >= 11 is 0. The van der Waals surface area contributed by atoms with Gasteiger partial charge in [-0.15, -0.1) is 0 Å². The molecule has 8 heteroatoms. The second-order valence-corrected chi connectivity index (χ2v) is 7.74. The molecule has 2 N–H and O–H groups in total. The summed E-state index contributed by atoms with van der Waals surface area (Å²) < 4.78 is 32.8. The van der Waals surface area contributed by atoms with E-state index in [9.17, 15) is 18.4 Å². The fourth-order valence-corrected chi connectivity index (χ4v) is 3.98. The van der Waals surface area contributed by atoms with Gasteiger partial charge < -0.3 is 20.3 Å². The van der Waals surface area contributed by atoms with E-state index >= 15 is 0 Å². The van der Waals surface area contributed by atoms with E-state index in [1.807, 2.05) is 6.07 Å². The molecule has 2 heterocycles. The van der Waals surface area contributed by atoms with Crippen molar-refractivity contribution in [1.82, 2.24) is 5.32 Å². The van der Waals surface area contributed by atoms with Gasteiger partial charge in [0, 0.05) is 36.8 Å². The molecule has 158 valence electrons. The molecule has 30 heavy (non-hydrogen) atoms. The monoisotopic (exact) mass is 415 g/mol. The molecule has 0 aromatic heterocycles. The molecule has 0 unspecified atom stereocenters. The summed E-state index contributed by atoms with van der Waals surface area (Å²) in [5.41, 5.74) is 1.38. The Hall–Kier alpha value is -3.16. The summed E-state index contributed by atoms with van der Waals surface area (Å²) in [4.78, 5) is 26.2. The normalized spacial score (nSPS) is 19.4. The Balaban J connectivity index is 1.52. The fraction of sp³-hybridized carbons (Fsp3) is 0.364. The number of hydrogen-bond acceptors (Lipinski definition) is 3. The number of hydrogen-bond donors (Lipinski definition) is 2. The standard InChI is InChI=1S/C22H23F2N3O3/c1-27-18-10-15(8-6-14(18)7-9-20(27)28)25-21(29)26-17-11-22(12-23,13-24)30-19-5-3-2-4-16(17)19/h2-6,8,10,17H,7,9,11-13H2,1H3,(H2,25,26,29)/t17-/m1/s1. The summed E-state index contributed by atoms with van der Waals surface area (Å²) in [5.74, 6) is 0.384. The molecule has 0 bridgehead atoms. The number of alkyl halides is 2. The highest BCUT2D eigenvalue weighted by atomic mass is 19.1. The van der Waals surface area contributed by atoms with Crippen LogP contribution in [-0.4, -0.2) is 37.9 Å². The molecule has 4 rings (SSSR count). The van der Waals surface area contributed by atoms with Crippen LogP contribution in [-0.2, 0) is 11.2 Å². The Labute approximate surface area is 173 Å². The van der Waals surface area contributed by atoms with Crippen LogP contribution in [0.25, 0.3) is 0 Å². The van der Waals surface area contributed by atoms with Crippen molar-refractivity contribution >= 4 is 23.3 Å². The number of ether oxygens (including phenoxy) is 1. The van der Waals surface area contributed by atoms with Gasteiger partial charge in [0.1, 0.15) is 19.1 Å². The zero-order valence-electron chi connectivity index (χ0n) is 16.6. The molecule has 0 spiro atoms. The summed E-state index contributed by atoms with van der Waals surface area (Å²) in [5, 5.41) is 5.56. The topological polar surface area (TPSA) is 70.7 Å². The number of benzene rings is 2. The van der Waals surface area contributed by atoms with E-state index in [1.165, 1.54) is 0 Å². The SMILES string of the molecule is CN1C(=O)CCc2ccc(NC(=O)N[C@@H]3CC(CF)(CF)Oc4ccccc43)cc21. The van der Waals surface area contributed by atoms with Crippen LogP contribution in [0.4, 0.5) is 25.0 Å². The number of nitrogens with one attached hydrogen (secondary N) is 2. The van der Waals surface area contributed by atoms with Crippen LogP contribution >= 0.6 is 0 Å². The Morgan fingerprint density at radius 2 is 1.97 bits per heavy atom. The van der Waals surface area contributed by atoms with Crippen LogP contribution in [0.3, 0.4) is 0 Å². The predicted octanol–water partition coefficient (Wildman–Crippen LogP) is 3.92. The largest absolute Gasteiger partial charge is 0.481 e. The van der Waals surface area contributed by atoms with Gasteiger partial charge in [0.25, 0.3) is 0 Å². The lowest BCUT2D eigenvalue weighted by molar-refractivity contribution is -0.118. The van der Waals surface area contributed by atoms with Gasteiger partial charge in [0.2, 0.25) is 5.91 Å². The van der Waals surface area contributed by atoms with E-state index < -0.39 is 31.0 Å². The lowest BCUT2D eigenvalue weighted by Gasteiger charge is -2.39. The Bertz CT molecular complexity index is 978. The van der Waals surface area contributed by atoms with Crippen LogP contribution in [0.5, 0.6) is 5.75 Å². The molecule has 0 saturated heterocycles. The van der Waals surface area contributed by atoms with Gasteiger partial charge in [-0.05, 0) is 30.2 Å². The minimum absolute atomic E-state index is 0.0220. The van der Waals surface area contributed by atoms with Gasteiger partial charge in [-0.25, -0.2) is 13.6 Å². The third-order valence-corrected chi connectivity index (χ3v) is 5.68. The minimum Gasteiger partial charge on any atom is -0.481 e. The third kappa shape index (κ3) is 3.69. The zero-order chi connectivity index (χ0) is 21.3. The lowest BCUT2D eigenvalue weighted by atomic mass is 9.88. The molecular formula is C22H23F2N3O3. The molecule has 2 aliphatic rings. The van der Waals surface area contributed by atoms with Crippen molar-refractivity contribution < 1.29 is 23.1 Å². The van der Waals surface area contributed by atoms with Crippen LogP contribution in [0, 0.1) is 0 Å². The number of urea groups is 1. The number of amides is 3. The quantitative estimate of drug-likeness (QED) is 0.795. The number of para-hydroxylation sites is 1. The average Bonchev–Trinajstić information content (AvgIpc) is 2.76. The number of carbonyl (C=O) groups is 2. The van der Waals surface area contributed by atoms with E-state index in [-0.39, 0.29) is 12.3 Å². The maximum absolute atomic E-state index is 13.6. The van der Waals surface area contributed by atoms with E-state index in [2.05, 4.69) is 10.6 Å². The highest BCUT2D eigenvalue weighted by molar-refractivity contribution is 5.97. The first-order valence-corrected chi connectivity index (χ1v) is 9.81. The highest BCUT2D eigenvalue weighted by Crippen LogP contribution is 2.40. The maximum atomic E-state index is 13.6. The van der Waals surface area contributed by atoms with Gasteiger partial charge in [0.15, 0.2) is 5.60 Å². The van der Waals surface area contributed by atoms with Gasteiger partial charge in [-0.3, -0.25) is 4.79 Å². The van der Waals surface area contributed by atoms with Crippen molar-refractivity contribution in [2.75, 3.05) is 30.6 Å². The van der Waals surface area contributed by atoms with Crippen molar-refractivity contribution in [2.45, 2.75) is 30.9 Å². The first kappa shape index (κ1) is 20.1. The minimum atomic E-state index is -1.61. The van der Waals surface area contributed by atoms with Gasteiger partial charge in [-0.1, -0.05) is 24.3 Å². The number of carbonyl (C=O) groups excluding carboxylic acids is 2. The fourth-order valence-electron chi connectivity index (χ4n) is 3.98. The Morgan fingerprint density at radius 1 is 1.20 bits per heavy atom. The van der Waals surface area contributed by atoms with Crippen LogP contribution in [0.15, 0.2) is 42.5 Å².